The van der Waals surface area contributed by atoms with Crippen LogP contribution in [0.15, 0.2) is 24.3 Å². The Morgan fingerprint density at radius 1 is 1.00 bits per heavy atom. The molecule has 84 valence electrons. The first-order valence-corrected chi connectivity index (χ1v) is 5.37. The van der Waals surface area contributed by atoms with Gasteiger partial charge in [-0.3, -0.25) is 0 Å². The lowest BCUT2D eigenvalue weighted by Crippen LogP contribution is -2.17. The van der Waals surface area contributed by atoms with Crippen molar-refractivity contribution in [2.75, 3.05) is 13.2 Å². The van der Waals surface area contributed by atoms with Crippen LogP contribution in [0.1, 0.15) is 27.7 Å². The molecule has 2 nitrogen and oxygen atoms in total. The van der Waals surface area contributed by atoms with Crippen LogP contribution in [0.25, 0.3) is 0 Å². The predicted molar refractivity (Wildman–Crippen MR) is 62.6 cm³/mol. The van der Waals surface area contributed by atoms with E-state index in [1.54, 1.807) is 0 Å². The van der Waals surface area contributed by atoms with Crippen LogP contribution >= 0.6 is 0 Å². The molecule has 0 bridgehead atoms. The minimum Gasteiger partial charge on any atom is -0.490 e. The van der Waals surface area contributed by atoms with Crippen LogP contribution in [-0.2, 0) is 0 Å². The van der Waals surface area contributed by atoms with Crippen LogP contribution in [0.4, 0.5) is 0 Å². The Kier molecular flexibility index (Phi) is 4.01. The molecule has 0 spiro atoms. The fourth-order valence-corrected chi connectivity index (χ4v) is 1.14. The lowest BCUT2D eigenvalue weighted by molar-refractivity contribution is 0.188. The molecular formula is C13H20O2. The van der Waals surface area contributed by atoms with Gasteiger partial charge in [-0.15, -0.1) is 0 Å². The molecule has 15 heavy (non-hydrogen) atoms. The van der Waals surface area contributed by atoms with Gasteiger partial charge in [-0.2, -0.15) is 0 Å². The summed E-state index contributed by atoms with van der Waals surface area (Å²) in [7, 11) is 0. The molecule has 0 saturated heterocycles. The monoisotopic (exact) mass is 208 g/mol. The van der Waals surface area contributed by atoms with Gasteiger partial charge in [-0.05, 0) is 24.5 Å². The van der Waals surface area contributed by atoms with Crippen molar-refractivity contribution in [1.29, 1.82) is 0 Å². The lowest BCUT2D eigenvalue weighted by atomic mass is 9.99. The van der Waals surface area contributed by atoms with E-state index in [9.17, 15) is 0 Å². The van der Waals surface area contributed by atoms with E-state index < -0.39 is 0 Å². The van der Waals surface area contributed by atoms with Gasteiger partial charge in [-0.25, -0.2) is 0 Å². The summed E-state index contributed by atoms with van der Waals surface area (Å²) in [5.74, 6) is 1.65. The summed E-state index contributed by atoms with van der Waals surface area (Å²) in [6.07, 6.45) is 0. The van der Waals surface area contributed by atoms with Gasteiger partial charge in [0.1, 0.15) is 0 Å². The minimum atomic E-state index is 0.166. The van der Waals surface area contributed by atoms with Gasteiger partial charge in [0.05, 0.1) is 13.2 Å². The van der Waals surface area contributed by atoms with Crippen molar-refractivity contribution in [3.8, 4) is 11.5 Å². The number of ether oxygens (including phenoxy) is 2. The smallest absolute Gasteiger partial charge is 0.161 e. The minimum absolute atomic E-state index is 0.166. The largest absolute Gasteiger partial charge is 0.490 e. The molecule has 0 saturated carbocycles. The molecule has 0 aliphatic heterocycles. The second-order valence-electron chi connectivity index (χ2n) is 4.73. The molecule has 0 aromatic heterocycles. The standard InChI is InChI=1S/C13H20O2/c1-5-14-11-8-6-7-9-12(11)15-10-13(2,3)4/h6-9H,5,10H2,1-4H3. The maximum atomic E-state index is 5.73. The molecule has 1 aromatic rings. The first kappa shape index (κ1) is 11.9. The fourth-order valence-electron chi connectivity index (χ4n) is 1.14. The highest BCUT2D eigenvalue weighted by molar-refractivity contribution is 5.39. The van der Waals surface area contributed by atoms with E-state index in [0.717, 1.165) is 11.5 Å². The van der Waals surface area contributed by atoms with E-state index in [2.05, 4.69) is 20.8 Å². The Morgan fingerprint density at radius 2 is 1.53 bits per heavy atom. The summed E-state index contributed by atoms with van der Waals surface area (Å²) in [6.45, 7) is 9.77. The lowest BCUT2D eigenvalue weighted by Gasteiger charge is -2.20. The maximum Gasteiger partial charge on any atom is 0.161 e. The Balaban J connectivity index is 2.67. The molecule has 1 aromatic carbocycles. The third-order valence-electron chi connectivity index (χ3n) is 1.81. The van der Waals surface area contributed by atoms with Gasteiger partial charge in [0.15, 0.2) is 11.5 Å². The molecule has 0 aliphatic carbocycles. The van der Waals surface area contributed by atoms with E-state index in [-0.39, 0.29) is 5.41 Å². The zero-order chi connectivity index (χ0) is 11.3. The van der Waals surface area contributed by atoms with Gasteiger partial charge < -0.3 is 9.47 Å². The van der Waals surface area contributed by atoms with Crippen LogP contribution < -0.4 is 9.47 Å². The Morgan fingerprint density at radius 3 is 2.00 bits per heavy atom. The zero-order valence-electron chi connectivity index (χ0n) is 10.0. The zero-order valence-corrected chi connectivity index (χ0v) is 10.0. The van der Waals surface area contributed by atoms with Gasteiger partial charge in [0.2, 0.25) is 0 Å². The number of benzene rings is 1. The van der Waals surface area contributed by atoms with Gasteiger partial charge in [-0.1, -0.05) is 32.9 Å². The highest BCUT2D eigenvalue weighted by atomic mass is 16.5. The second kappa shape index (κ2) is 5.06. The summed E-state index contributed by atoms with van der Waals surface area (Å²) < 4.78 is 11.2. The normalized spacial score (nSPS) is 11.2. The van der Waals surface area contributed by atoms with Crippen molar-refractivity contribution in [2.45, 2.75) is 27.7 Å². The molecule has 0 atom stereocenters. The highest BCUT2D eigenvalue weighted by Crippen LogP contribution is 2.28. The van der Waals surface area contributed by atoms with Crippen LogP contribution in [-0.4, -0.2) is 13.2 Å². The van der Waals surface area contributed by atoms with Gasteiger partial charge in [0, 0.05) is 0 Å². The van der Waals surface area contributed by atoms with Crippen molar-refractivity contribution in [3.05, 3.63) is 24.3 Å². The SMILES string of the molecule is CCOc1ccccc1OCC(C)(C)C. The first-order valence-electron chi connectivity index (χ1n) is 5.37. The van der Waals surface area contributed by atoms with Gasteiger partial charge in [0.25, 0.3) is 0 Å². The second-order valence-corrected chi connectivity index (χ2v) is 4.73. The van der Waals surface area contributed by atoms with Crippen molar-refractivity contribution in [1.82, 2.24) is 0 Å². The van der Waals surface area contributed by atoms with Crippen molar-refractivity contribution < 1.29 is 9.47 Å². The summed E-state index contributed by atoms with van der Waals surface area (Å²) in [5, 5.41) is 0. The summed E-state index contributed by atoms with van der Waals surface area (Å²) in [5.41, 5.74) is 0.166. The Hall–Kier alpha value is -1.18. The van der Waals surface area contributed by atoms with Gasteiger partial charge >= 0.3 is 0 Å². The molecule has 0 radical (unpaired) electrons. The number of rotatable bonds is 4. The molecule has 0 heterocycles. The number of hydrogen-bond donors (Lipinski definition) is 0. The number of hydrogen-bond acceptors (Lipinski definition) is 2. The van der Waals surface area contributed by atoms with Crippen LogP contribution in [0.5, 0.6) is 11.5 Å². The third-order valence-corrected chi connectivity index (χ3v) is 1.81. The van der Waals surface area contributed by atoms with Crippen molar-refractivity contribution in [3.63, 3.8) is 0 Å². The predicted octanol–water partition coefficient (Wildman–Crippen LogP) is 3.51. The highest BCUT2D eigenvalue weighted by Gasteiger charge is 2.12. The van der Waals surface area contributed by atoms with E-state index >= 15 is 0 Å². The number of para-hydroxylation sites is 2. The average molecular weight is 208 g/mol. The van der Waals surface area contributed by atoms with Crippen molar-refractivity contribution in [2.24, 2.45) is 5.41 Å². The molecule has 1 rings (SSSR count). The van der Waals surface area contributed by atoms with Crippen LogP contribution in [0, 0.1) is 5.41 Å². The molecule has 0 amide bonds. The molecular weight excluding hydrogens is 188 g/mol. The summed E-state index contributed by atoms with van der Waals surface area (Å²) in [6, 6.07) is 7.79. The van der Waals surface area contributed by atoms with E-state index in [4.69, 9.17) is 9.47 Å². The average Bonchev–Trinajstić information content (AvgIpc) is 2.16. The van der Waals surface area contributed by atoms with Crippen molar-refractivity contribution >= 4 is 0 Å². The Labute approximate surface area is 92.2 Å². The third kappa shape index (κ3) is 4.24. The molecule has 0 fully saturated rings. The van der Waals surface area contributed by atoms with E-state index in [1.165, 1.54) is 0 Å². The molecule has 0 aliphatic rings. The fraction of sp³-hybridized carbons (Fsp3) is 0.538. The van der Waals surface area contributed by atoms with Crippen LogP contribution in [0.3, 0.4) is 0 Å². The van der Waals surface area contributed by atoms with E-state index in [0.29, 0.717) is 13.2 Å². The van der Waals surface area contributed by atoms with Crippen LogP contribution in [0.2, 0.25) is 0 Å². The first-order chi connectivity index (χ1) is 7.03. The summed E-state index contributed by atoms with van der Waals surface area (Å²) >= 11 is 0. The maximum absolute atomic E-state index is 5.73. The summed E-state index contributed by atoms with van der Waals surface area (Å²) in [4.78, 5) is 0. The topological polar surface area (TPSA) is 18.5 Å². The van der Waals surface area contributed by atoms with E-state index in [1.807, 2.05) is 31.2 Å². The quantitative estimate of drug-likeness (QED) is 0.753. The molecule has 2 heteroatoms. The molecule has 0 N–H and O–H groups in total. The Bertz CT molecular complexity index is 300. The molecule has 0 unspecified atom stereocenters.